The van der Waals surface area contributed by atoms with Crippen molar-refractivity contribution in [3.8, 4) is 0 Å². The van der Waals surface area contributed by atoms with Crippen molar-refractivity contribution in [1.29, 1.82) is 0 Å². The van der Waals surface area contributed by atoms with Crippen LogP contribution in [0.2, 0.25) is 0 Å². The van der Waals surface area contributed by atoms with E-state index in [9.17, 15) is 0 Å². The smallest absolute Gasteiger partial charge is 0.0356 e. The van der Waals surface area contributed by atoms with Gasteiger partial charge in [-0.15, -0.1) is 0 Å². The third kappa shape index (κ3) is 2.15. The lowest BCUT2D eigenvalue weighted by atomic mass is 9.96. The highest BCUT2D eigenvalue weighted by atomic mass is 15.1. The molecule has 1 nitrogen and oxygen atoms in total. The molecule has 0 spiro atoms. The summed E-state index contributed by atoms with van der Waals surface area (Å²) in [6, 6.07) is 0. The number of hydrogen-bond donors (Lipinski definition) is 0. The fraction of sp³-hybridized carbons (Fsp3) is 0.667. The molecule has 1 heterocycles. The fourth-order valence-electron chi connectivity index (χ4n) is 1.89. The molecule has 1 aliphatic heterocycles. The quantitative estimate of drug-likeness (QED) is 0.552. The summed E-state index contributed by atoms with van der Waals surface area (Å²) < 4.78 is 0. The summed E-state index contributed by atoms with van der Waals surface area (Å²) in [5.74, 6) is 0.745. The SMILES string of the molecule is CC.CC1C=C2C(=CC1)CCN2C. The third-order valence-electron chi connectivity index (χ3n) is 2.64. The molecule has 0 N–H and O–H groups in total. The van der Waals surface area contributed by atoms with Crippen LogP contribution in [0.1, 0.15) is 33.6 Å². The average molecular weight is 179 g/mol. The van der Waals surface area contributed by atoms with Crippen molar-refractivity contribution in [2.75, 3.05) is 13.6 Å². The normalized spacial score (nSPS) is 25.5. The Kier molecular flexibility index (Phi) is 3.58. The summed E-state index contributed by atoms with van der Waals surface area (Å²) in [6.45, 7) is 7.50. The molecule has 1 unspecified atom stereocenters. The summed E-state index contributed by atoms with van der Waals surface area (Å²) in [6.07, 6.45) is 7.31. The van der Waals surface area contributed by atoms with Gasteiger partial charge < -0.3 is 4.90 Å². The molecular weight excluding hydrogens is 158 g/mol. The molecule has 0 aromatic carbocycles. The lowest BCUT2D eigenvalue weighted by Gasteiger charge is -2.18. The van der Waals surface area contributed by atoms with Gasteiger partial charge in [0.15, 0.2) is 0 Å². The van der Waals surface area contributed by atoms with Crippen LogP contribution in [0, 0.1) is 5.92 Å². The minimum absolute atomic E-state index is 0.745. The predicted molar refractivity (Wildman–Crippen MR) is 58.5 cm³/mol. The lowest BCUT2D eigenvalue weighted by Crippen LogP contribution is -2.12. The molecule has 1 saturated heterocycles. The number of rotatable bonds is 0. The molecule has 74 valence electrons. The lowest BCUT2D eigenvalue weighted by molar-refractivity contribution is 0.475. The molecule has 1 aliphatic carbocycles. The molecule has 0 saturated carbocycles. The molecule has 0 aromatic heterocycles. The van der Waals surface area contributed by atoms with Gasteiger partial charge in [-0.1, -0.05) is 32.9 Å². The van der Waals surface area contributed by atoms with Crippen LogP contribution in [0.5, 0.6) is 0 Å². The van der Waals surface area contributed by atoms with E-state index in [1.807, 2.05) is 13.8 Å². The first-order chi connectivity index (χ1) is 6.27. The maximum absolute atomic E-state index is 2.41. The van der Waals surface area contributed by atoms with Crippen LogP contribution in [0.4, 0.5) is 0 Å². The molecule has 0 bridgehead atoms. The van der Waals surface area contributed by atoms with Crippen molar-refractivity contribution in [3.63, 3.8) is 0 Å². The summed E-state index contributed by atoms with van der Waals surface area (Å²) in [5.41, 5.74) is 3.06. The molecule has 0 radical (unpaired) electrons. The zero-order chi connectivity index (χ0) is 9.84. The average Bonchev–Trinajstić information content (AvgIpc) is 2.52. The van der Waals surface area contributed by atoms with Gasteiger partial charge in [0.25, 0.3) is 0 Å². The molecule has 0 aromatic rings. The van der Waals surface area contributed by atoms with Gasteiger partial charge in [-0.25, -0.2) is 0 Å². The Morgan fingerprint density at radius 2 is 2.08 bits per heavy atom. The standard InChI is InChI=1S/C10H15N.C2H6/c1-8-3-4-9-5-6-11(2)10(9)7-8;1-2/h4,7-8H,3,5-6H2,1-2H3;1-2H3. The Bertz CT molecular complexity index is 225. The number of likely N-dealkylation sites (tertiary alicyclic amines) is 1. The minimum atomic E-state index is 0.745. The third-order valence-corrected chi connectivity index (χ3v) is 2.64. The Balaban J connectivity index is 0.000000396. The molecular formula is C12H21N. The summed E-state index contributed by atoms with van der Waals surface area (Å²) in [4.78, 5) is 2.36. The summed E-state index contributed by atoms with van der Waals surface area (Å²) in [7, 11) is 2.19. The minimum Gasteiger partial charge on any atom is -0.374 e. The maximum atomic E-state index is 2.41. The Hall–Kier alpha value is -0.720. The number of fused-ring (bicyclic) bond motifs is 1. The van der Waals surface area contributed by atoms with Gasteiger partial charge in [0, 0.05) is 19.3 Å². The van der Waals surface area contributed by atoms with E-state index in [1.54, 1.807) is 5.57 Å². The molecule has 2 rings (SSSR count). The van der Waals surface area contributed by atoms with Crippen molar-refractivity contribution < 1.29 is 0 Å². The van der Waals surface area contributed by atoms with E-state index in [1.165, 1.54) is 25.1 Å². The second-order valence-electron chi connectivity index (χ2n) is 3.67. The first-order valence-corrected chi connectivity index (χ1v) is 5.40. The van der Waals surface area contributed by atoms with E-state index in [-0.39, 0.29) is 0 Å². The Morgan fingerprint density at radius 1 is 1.38 bits per heavy atom. The molecule has 1 heteroatoms. The van der Waals surface area contributed by atoms with Crippen LogP contribution >= 0.6 is 0 Å². The van der Waals surface area contributed by atoms with E-state index >= 15 is 0 Å². The van der Waals surface area contributed by atoms with Gasteiger partial charge in [-0.2, -0.15) is 0 Å². The molecule has 13 heavy (non-hydrogen) atoms. The summed E-state index contributed by atoms with van der Waals surface area (Å²) in [5, 5.41) is 0. The number of allylic oxidation sites excluding steroid dienone is 3. The zero-order valence-electron chi connectivity index (χ0n) is 9.30. The second-order valence-corrected chi connectivity index (χ2v) is 3.67. The number of likely N-dealkylation sites (N-methyl/N-ethyl adjacent to an activating group) is 1. The zero-order valence-corrected chi connectivity index (χ0v) is 9.30. The highest BCUT2D eigenvalue weighted by Gasteiger charge is 2.21. The van der Waals surface area contributed by atoms with Gasteiger partial charge in [-0.3, -0.25) is 0 Å². The van der Waals surface area contributed by atoms with E-state index in [0.717, 1.165) is 5.92 Å². The van der Waals surface area contributed by atoms with E-state index in [2.05, 4.69) is 31.0 Å². The maximum Gasteiger partial charge on any atom is 0.0356 e. The van der Waals surface area contributed by atoms with Crippen molar-refractivity contribution in [1.82, 2.24) is 4.90 Å². The van der Waals surface area contributed by atoms with Crippen LogP contribution in [0.25, 0.3) is 0 Å². The Morgan fingerprint density at radius 3 is 2.77 bits per heavy atom. The Labute approximate surface area is 82.1 Å². The van der Waals surface area contributed by atoms with Crippen LogP contribution in [-0.4, -0.2) is 18.5 Å². The van der Waals surface area contributed by atoms with E-state index in [0.29, 0.717) is 0 Å². The van der Waals surface area contributed by atoms with Crippen LogP contribution < -0.4 is 0 Å². The van der Waals surface area contributed by atoms with Gasteiger partial charge in [-0.05, 0) is 24.3 Å². The van der Waals surface area contributed by atoms with Crippen LogP contribution in [0.3, 0.4) is 0 Å². The van der Waals surface area contributed by atoms with Gasteiger partial charge in [0.2, 0.25) is 0 Å². The van der Waals surface area contributed by atoms with Crippen molar-refractivity contribution >= 4 is 0 Å². The highest BCUT2D eigenvalue weighted by molar-refractivity contribution is 5.36. The molecule has 0 amide bonds. The van der Waals surface area contributed by atoms with Crippen LogP contribution in [0.15, 0.2) is 23.4 Å². The van der Waals surface area contributed by atoms with Gasteiger partial charge in [0.1, 0.15) is 0 Å². The molecule has 1 atom stereocenters. The van der Waals surface area contributed by atoms with Crippen LogP contribution in [-0.2, 0) is 0 Å². The summed E-state index contributed by atoms with van der Waals surface area (Å²) >= 11 is 0. The topological polar surface area (TPSA) is 3.24 Å². The predicted octanol–water partition coefficient (Wildman–Crippen LogP) is 3.20. The van der Waals surface area contributed by atoms with Crippen molar-refractivity contribution in [3.05, 3.63) is 23.4 Å². The molecule has 1 fully saturated rings. The van der Waals surface area contributed by atoms with Gasteiger partial charge >= 0.3 is 0 Å². The number of hydrogen-bond acceptors (Lipinski definition) is 1. The number of nitrogens with zero attached hydrogens (tertiary/aromatic N) is 1. The van der Waals surface area contributed by atoms with E-state index < -0.39 is 0 Å². The fourth-order valence-corrected chi connectivity index (χ4v) is 1.89. The molecule has 2 aliphatic rings. The largest absolute Gasteiger partial charge is 0.374 e. The monoisotopic (exact) mass is 179 g/mol. The van der Waals surface area contributed by atoms with Crippen molar-refractivity contribution in [2.24, 2.45) is 5.92 Å². The first-order valence-electron chi connectivity index (χ1n) is 5.40. The van der Waals surface area contributed by atoms with Gasteiger partial charge in [0.05, 0.1) is 0 Å². The highest BCUT2D eigenvalue weighted by Crippen LogP contribution is 2.31. The first kappa shape index (κ1) is 10.4. The second kappa shape index (κ2) is 4.50. The van der Waals surface area contributed by atoms with E-state index in [4.69, 9.17) is 0 Å². The van der Waals surface area contributed by atoms with Crippen molar-refractivity contribution in [2.45, 2.75) is 33.6 Å².